The van der Waals surface area contributed by atoms with E-state index in [1.807, 2.05) is 36.1 Å². The average Bonchev–Trinajstić information content (AvgIpc) is 2.53. The third-order valence-electron chi connectivity index (χ3n) is 3.99. The molecule has 1 aromatic carbocycles. The lowest BCUT2D eigenvalue weighted by Gasteiger charge is -2.31. The highest BCUT2D eigenvalue weighted by molar-refractivity contribution is 5.97. The highest BCUT2D eigenvalue weighted by atomic mass is 16.4. The normalized spacial score (nSPS) is 14.7. The molecule has 1 aliphatic heterocycles. The van der Waals surface area contributed by atoms with Gasteiger partial charge in [0, 0.05) is 25.5 Å². The van der Waals surface area contributed by atoms with Gasteiger partial charge in [-0.3, -0.25) is 9.69 Å². The molecule has 7 nitrogen and oxygen atoms in total. The van der Waals surface area contributed by atoms with E-state index in [1.165, 1.54) is 7.05 Å². The number of nitrogens with one attached hydrogen (secondary N) is 1. The minimum atomic E-state index is -1.07. The molecule has 0 aliphatic carbocycles. The van der Waals surface area contributed by atoms with Gasteiger partial charge in [0.25, 0.3) is 0 Å². The highest BCUT2D eigenvalue weighted by Gasteiger charge is 2.24. The number of carbonyl (C=O) groups excluding carboxylic acids is 1. The van der Waals surface area contributed by atoms with Crippen LogP contribution in [0.2, 0.25) is 0 Å². The second-order valence-corrected chi connectivity index (χ2v) is 5.59. The Balaban J connectivity index is 2.19. The van der Waals surface area contributed by atoms with Gasteiger partial charge in [-0.25, -0.2) is 9.78 Å². The maximum Gasteiger partial charge on any atom is 0.411 e. The molecule has 1 saturated heterocycles. The summed E-state index contributed by atoms with van der Waals surface area (Å²) in [6.45, 7) is 3.24. The zero-order chi connectivity index (χ0) is 16.6. The van der Waals surface area contributed by atoms with E-state index >= 15 is 0 Å². The largest absolute Gasteiger partial charge is 0.465 e. The number of amides is 2. The van der Waals surface area contributed by atoms with E-state index in [1.54, 1.807) is 0 Å². The topological polar surface area (TPSA) is 85.8 Å². The Morgan fingerprint density at radius 3 is 2.91 bits per heavy atom. The van der Waals surface area contributed by atoms with Gasteiger partial charge in [0.15, 0.2) is 5.82 Å². The monoisotopic (exact) mass is 314 g/mol. The van der Waals surface area contributed by atoms with Crippen LogP contribution < -0.4 is 15.1 Å². The van der Waals surface area contributed by atoms with E-state index in [4.69, 9.17) is 0 Å². The van der Waals surface area contributed by atoms with Gasteiger partial charge in [-0.05, 0) is 18.6 Å². The fourth-order valence-electron chi connectivity index (χ4n) is 2.73. The van der Waals surface area contributed by atoms with Gasteiger partial charge >= 0.3 is 6.09 Å². The molecule has 2 N–H and O–H groups in total. The maximum atomic E-state index is 11.7. The smallest absolute Gasteiger partial charge is 0.411 e. The van der Waals surface area contributed by atoms with Crippen LogP contribution in [0.3, 0.4) is 0 Å². The Hall–Kier alpha value is -2.83. The number of rotatable bonds is 2. The zero-order valence-corrected chi connectivity index (χ0v) is 13.0. The molecule has 2 heterocycles. The number of benzene rings is 1. The molecule has 23 heavy (non-hydrogen) atoms. The molecule has 2 aromatic rings. The Kier molecular flexibility index (Phi) is 3.77. The van der Waals surface area contributed by atoms with Gasteiger partial charge < -0.3 is 15.3 Å². The first-order valence-corrected chi connectivity index (χ1v) is 7.36. The Morgan fingerprint density at radius 2 is 2.22 bits per heavy atom. The second-order valence-electron chi connectivity index (χ2n) is 5.59. The molecule has 0 spiro atoms. The lowest BCUT2D eigenvalue weighted by atomic mass is 10.1. The number of aryl methyl sites for hydroxylation is 1. The predicted molar refractivity (Wildman–Crippen MR) is 88.1 cm³/mol. The summed E-state index contributed by atoms with van der Waals surface area (Å²) in [5.41, 5.74) is 2.30. The minimum absolute atomic E-state index is 0.0909. The van der Waals surface area contributed by atoms with Crippen molar-refractivity contribution in [1.82, 2.24) is 10.3 Å². The van der Waals surface area contributed by atoms with Crippen molar-refractivity contribution >= 4 is 34.4 Å². The van der Waals surface area contributed by atoms with Crippen molar-refractivity contribution in [3.63, 3.8) is 0 Å². The standard InChI is InChI=1S/C16H18N4O3/c1-10-4-3-5-11-8-12(19(2)16(22)23)15(18-14(10)11)20-7-6-17-13(21)9-20/h3-5,8H,6-7,9H2,1-2H3,(H,17,21)(H,22,23). The second kappa shape index (κ2) is 5.75. The summed E-state index contributed by atoms with van der Waals surface area (Å²) in [7, 11) is 1.48. The number of carbonyl (C=O) groups is 2. The van der Waals surface area contributed by atoms with Gasteiger partial charge in [-0.15, -0.1) is 0 Å². The molecule has 0 radical (unpaired) electrons. The number of aromatic nitrogens is 1. The highest BCUT2D eigenvalue weighted by Crippen LogP contribution is 2.32. The summed E-state index contributed by atoms with van der Waals surface area (Å²) in [6.07, 6.45) is -1.07. The fraction of sp³-hybridized carbons (Fsp3) is 0.312. The third-order valence-corrected chi connectivity index (χ3v) is 3.99. The van der Waals surface area contributed by atoms with Crippen LogP contribution in [-0.2, 0) is 4.79 Å². The Bertz CT molecular complexity index is 790. The summed E-state index contributed by atoms with van der Waals surface area (Å²) in [5.74, 6) is 0.429. The third kappa shape index (κ3) is 2.77. The van der Waals surface area contributed by atoms with Crippen LogP contribution in [0.1, 0.15) is 5.56 Å². The number of hydrogen-bond acceptors (Lipinski definition) is 4. The van der Waals surface area contributed by atoms with Gasteiger partial charge in [0.05, 0.1) is 17.7 Å². The van der Waals surface area contributed by atoms with Crippen molar-refractivity contribution in [1.29, 1.82) is 0 Å². The van der Waals surface area contributed by atoms with Crippen molar-refractivity contribution < 1.29 is 14.7 Å². The Morgan fingerprint density at radius 1 is 1.43 bits per heavy atom. The van der Waals surface area contributed by atoms with Crippen LogP contribution >= 0.6 is 0 Å². The number of fused-ring (bicyclic) bond motifs is 1. The summed E-state index contributed by atoms with van der Waals surface area (Å²) >= 11 is 0. The molecule has 1 fully saturated rings. The summed E-state index contributed by atoms with van der Waals surface area (Å²) in [6, 6.07) is 7.59. The number of anilines is 2. The van der Waals surface area contributed by atoms with Gasteiger partial charge in [-0.2, -0.15) is 0 Å². The molecule has 7 heteroatoms. The molecule has 0 bridgehead atoms. The number of hydrogen-bond donors (Lipinski definition) is 2. The fourth-order valence-corrected chi connectivity index (χ4v) is 2.73. The van der Waals surface area contributed by atoms with Crippen molar-refractivity contribution in [2.45, 2.75) is 6.92 Å². The summed E-state index contributed by atoms with van der Waals surface area (Å²) in [5, 5.41) is 13.0. The first-order valence-electron chi connectivity index (χ1n) is 7.36. The van der Waals surface area contributed by atoms with Crippen molar-refractivity contribution in [3.05, 3.63) is 29.8 Å². The van der Waals surface area contributed by atoms with Crippen LogP contribution in [0.5, 0.6) is 0 Å². The molecule has 120 valence electrons. The van der Waals surface area contributed by atoms with Gasteiger partial charge in [-0.1, -0.05) is 18.2 Å². The molecular weight excluding hydrogens is 296 g/mol. The van der Waals surface area contributed by atoms with Crippen LogP contribution in [0.25, 0.3) is 10.9 Å². The minimum Gasteiger partial charge on any atom is -0.465 e. The van der Waals surface area contributed by atoms with Gasteiger partial charge in [0.1, 0.15) is 0 Å². The molecule has 0 saturated carbocycles. The molecule has 2 amide bonds. The number of carboxylic acid groups (broad SMARTS) is 1. The van der Waals surface area contributed by atoms with Gasteiger partial charge in [0.2, 0.25) is 5.91 Å². The van der Waals surface area contributed by atoms with E-state index in [0.717, 1.165) is 21.4 Å². The SMILES string of the molecule is Cc1cccc2cc(N(C)C(=O)O)c(N3CCNC(=O)C3)nc12. The van der Waals surface area contributed by atoms with Crippen molar-refractivity contribution in [2.75, 3.05) is 36.5 Å². The van der Waals surface area contributed by atoms with Crippen LogP contribution in [0.15, 0.2) is 24.3 Å². The number of piperazine rings is 1. The lowest BCUT2D eigenvalue weighted by molar-refractivity contribution is -0.120. The van der Waals surface area contributed by atoms with E-state index < -0.39 is 6.09 Å². The maximum absolute atomic E-state index is 11.7. The van der Waals surface area contributed by atoms with E-state index in [0.29, 0.717) is 24.6 Å². The molecule has 0 unspecified atom stereocenters. The molecule has 1 aliphatic rings. The zero-order valence-electron chi connectivity index (χ0n) is 13.0. The first kappa shape index (κ1) is 15.1. The molecule has 1 aromatic heterocycles. The number of para-hydroxylation sites is 1. The predicted octanol–water partition coefficient (Wildman–Crippen LogP) is 1.59. The van der Waals surface area contributed by atoms with Crippen LogP contribution in [-0.4, -0.2) is 48.8 Å². The van der Waals surface area contributed by atoms with Crippen LogP contribution in [0, 0.1) is 6.92 Å². The quantitative estimate of drug-likeness (QED) is 0.879. The summed E-state index contributed by atoms with van der Waals surface area (Å²) in [4.78, 5) is 30.7. The average molecular weight is 314 g/mol. The summed E-state index contributed by atoms with van der Waals surface area (Å²) < 4.78 is 0. The molecular formula is C16H18N4O3. The number of pyridine rings is 1. The number of nitrogens with zero attached hydrogens (tertiary/aromatic N) is 3. The molecule has 0 atom stereocenters. The van der Waals surface area contributed by atoms with Crippen molar-refractivity contribution in [2.24, 2.45) is 0 Å². The van der Waals surface area contributed by atoms with E-state index in [-0.39, 0.29) is 12.5 Å². The molecule has 3 rings (SSSR count). The van der Waals surface area contributed by atoms with E-state index in [9.17, 15) is 14.7 Å². The van der Waals surface area contributed by atoms with Crippen molar-refractivity contribution in [3.8, 4) is 0 Å². The first-order chi connectivity index (χ1) is 11.0. The lowest BCUT2D eigenvalue weighted by Crippen LogP contribution is -2.48. The van der Waals surface area contributed by atoms with Crippen LogP contribution in [0.4, 0.5) is 16.3 Å². The Labute approximate surface area is 133 Å². The van der Waals surface area contributed by atoms with E-state index in [2.05, 4.69) is 10.3 Å².